The number of carbonyl (C=O) groups is 1. The summed E-state index contributed by atoms with van der Waals surface area (Å²) in [5, 5.41) is 8.76. The molecule has 2 N–H and O–H groups in total. The fraction of sp³-hybridized carbons (Fsp3) is 0.333. The predicted octanol–water partition coefficient (Wildman–Crippen LogP) is 1.01. The molecule has 0 aromatic heterocycles. The van der Waals surface area contributed by atoms with E-state index in [1.165, 1.54) is 12.1 Å². The first-order valence-electron chi connectivity index (χ1n) is 5.35. The molecule has 1 unspecified atom stereocenters. The van der Waals surface area contributed by atoms with Crippen molar-refractivity contribution in [3.8, 4) is 6.07 Å². The van der Waals surface area contributed by atoms with E-state index in [0.29, 0.717) is 25.2 Å². The van der Waals surface area contributed by atoms with Crippen LogP contribution in [-0.4, -0.2) is 19.0 Å². The van der Waals surface area contributed by atoms with E-state index >= 15 is 0 Å². The summed E-state index contributed by atoms with van der Waals surface area (Å²) < 4.78 is 13.3. The summed E-state index contributed by atoms with van der Waals surface area (Å²) in [6.45, 7) is 1.14. The first kappa shape index (κ1) is 11.4. The van der Waals surface area contributed by atoms with Crippen molar-refractivity contribution in [1.29, 1.82) is 5.26 Å². The van der Waals surface area contributed by atoms with Crippen molar-refractivity contribution in [3.63, 3.8) is 0 Å². The third-order valence-corrected chi connectivity index (χ3v) is 2.97. The normalized spacial score (nSPS) is 19.1. The number of rotatable bonds is 2. The smallest absolute Gasteiger partial charge is 0.222 e. The molecule has 1 aromatic rings. The Kier molecular flexibility index (Phi) is 2.96. The summed E-state index contributed by atoms with van der Waals surface area (Å²) in [5.74, 6) is -0.963. The van der Waals surface area contributed by atoms with Crippen LogP contribution in [0.1, 0.15) is 12.0 Å². The number of nitrogens with zero attached hydrogens (tertiary/aromatic N) is 2. The molecule has 1 aromatic carbocycles. The highest BCUT2D eigenvalue weighted by Crippen LogP contribution is 2.25. The summed E-state index contributed by atoms with van der Waals surface area (Å²) in [4.78, 5) is 12.9. The minimum absolute atomic E-state index is 0.191. The van der Waals surface area contributed by atoms with Gasteiger partial charge in [-0.3, -0.25) is 4.79 Å². The van der Waals surface area contributed by atoms with E-state index in [4.69, 9.17) is 11.0 Å². The number of hydrogen-bond donors (Lipinski definition) is 1. The maximum absolute atomic E-state index is 13.3. The zero-order chi connectivity index (χ0) is 12.4. The molecule has 17 heavy (non-hydrogen) atoms. The Bertz CT molecular complexity index is 495. The van der Waals surface area contributed by atoms with Crippen molar-refractivity contribution < 1.29 is 9.18 Å². The lowest BCUT2D eigenvalue weighted by Gasteiger charge is -2.18. The monoisotopic (exact) mass is 233 g/mol. The van der Waals surface area contributed by atoms with E-state index in [1.54, 1.807) is 6.07 Å². The third-order valence-electron chi connectivity index (χ3n) is 2.97. The van der Waals surface area contributed by atoms with Crippen molar-refractivity contribution in [2.24, 2.45) is 11.7 Å². The lowest BCUT2D eigenvalue weighted by Crippen LogP contribution is -2.27. The van der Waals surface area contributed by atoms with Crippen LogP contribution in [-0.2, 0) is 4.79 Å². The Morgan fingerprint density at radius 2 is 2.29 bits per heavy atom. The molecule has 1 aliphatic rings. The molecule has 1 heterocycles. The van der Waals surface area contributed by atoms with Crippen LogP contribution >= 0.6 is 0 Å². The molecule has 1 amide bonds. The van der Waals surface area contributed by atoms with E-state index < -0.39 is 5.82 Å². The standard InChI is InChI=1S/C12H12FN3O/c13-10-3-8(6-14)4-11(5-10)16-2-1-9(7-16)12(15)17/h3-5,9H,1-2,7H2,(H2,15,17). The first-order valence-corrected chi connectivity index (χ1v) is 5.35. The minimum atomic E-state index is -0.443. The molecule has 88 valence electrons. The van der Waals surface area contributed by atoms with Gasteiger partial charge in [0, 0.05) is 18.8 Å². The van der Waals surface area contributed by atoms with Gasteiger partial charge >= 0.3 is 0 Å². The van der Waals surface area contributed by atoms with Gasteiger partial charge in [-0.05, 0) is 24.6 Å². The molecular weight excluding hydrogens is 221 g/mol. The van der Waals surface area contributed by atoms with Crippen LogP contribution < -0.4 is 10.6 Å². The second kappa shape index (κ2) is 4.42. The van der Waals surface area contributed by atoms with Gasteiger partial charge in [0.15, 0.2) is 0 Å². The number of nitrogens with two attached hydrogens (primary N) is 1. The van der Waals surface area contributed by atoms with Crippen molar-refractivity contribution >= 4 is 11.6 Å². The molecule has 0 aliphatic carbocycles. The molecule has 5 heteroatoms. The summed E-state index contributed by atoms with van der Waals surface area (Å²) >= 11 is 0. The molecule has 0 radical (unpaired) electrons. The van der Waals surface area contributed by atoms with Crippen LogP contribution in [0.4, 0.5) is 10.1 Å². The highest BCUT2D eigenvalue weighted by atomic mass is 19.1. The van der Waals surface area contributed by atoms with Gasteiger partial charge < -0.3 is 10.6 Å². The predicted molar refractivity (Wildman–Crippen MR) is 60.6 cm³/mol. The lowest BCUT2D eigenvalue weighted by atomic mass is 10.1. The van der Waals surface area contributed by atoms with Gasteiger partial charge in [0.2, 0.25) is 5.91 Å². The van der Waals surface area contributed by atoms with E-state index in [-0.39, 0.29) is 17.4 Å². The van der Waals surface area contributed by atoms with Crippen molar-refractivity contribution in [3.05, 3.63) is 29.6 Å². The number of halogens is 1. The molecule has 4 nitrogen and oxygen atoms in total. The quantitative estimate of drug-likeness (QED) is 0.828. The fourth-order valence-corrected chi connectivity index (χ4v) is 2.05. The van der Waals surface area contributed by atoms with Crippen molar-refractivity contribution in [2.45, 2.75) is 6.42 Å². The van der Waals surface area contributed by atoms with Gasteiger partial charge in [-0.25, -0.2) is 4.39 Å². The molecule has 0 spiro atoms. The number of benzene rings is 1. The van der Waals surface area contributed by atoms with E-state index in [1.807, 2.05) is 11.0 Å². The summed E-state index contributed by atoms with van der Waals surface area (Å²) in [6.07, 6.45) is 0.674. The van der Waals surface area contributed by atoms with Crippen molar-refractivity contribution in [1.82, 2.24) is 0 Å². The van der Waals surface area contributed by atoms with Gasteiger partial charge in [0.05, 0.1) is 17.6 Å². The topological polar surface area (TPSA) is 70.1 Å². The molecule has 0 bridgehead atoms. The Morgan fingerprint density at radius 1 is 1.53 bits per heavy atom. The van der Waals surface area contributed by atoms with Gasteiger partial charge in [-0.2, -0.15) is 5.26 Å². The molecule has 1 fully saturated rings. The Balaban J connectivity index is 2.22. The van der Waals surface area contributed by atoms with Crippen LogP contribution in [0.5, 0.6) is 0 Å². The van der Waals surface area contributed by atoms with Crippen LogP contribution in [0.15, 0.2) is 18.2 Å². The fourth-order valence-electron chi connectivity index (χ4n) is 2.05. The molecule has 2 rings (SSSR count). The average molecular weight is 233 g/mol. The second-order valence-electron chi connectivity index (χ2n) is 4.14. The SMILES string of the molecule is N#Cc1cc(F)cc(N2CCC(C(N)=O)C2)c1. The molecule has 1 atom stereocenters. The summed E-state index contributed by atoms with van der Waals surface area (Å²) in [7, 11) is 0. The second-order valence-corrected chi connectivity index (χ2v) is 4.14. The van der Waals surface area contributed by atoms with Gasteiger partial charge in [-0.15, -0.1) is 0 Å². The third kappa shape index (κ3) is 2.36. The number of nitriles is 1. The lowest BCUT2D eigenvalue weighted by molar-refractivity contribution is -0.121. The highest BCUT2D eigenvalue weighted by Gasteiger charge is 2.27. The zero-order valence-electron chi connectivity index (χ0n) is 9.19. The number of carbonyl (C=O) groups excluding carboxylic acids is 1. The van der Waals surface area contributed by atoms with E-state index in [9.17, 15) is 9.18 Å². The maximum atomic E-state index is 13.3. The largest absolute Gasteiger partial charge is 0.371 e. The first-order chi connectivity index (χ1) is 8.10. The van der Waals surface area contributed by atoms with Crippen molar-refractivity contribution in [2.75, 3.05) is 18.0 Å². The number of hydrogen-bond acceptors (Lipinski definition) is 3. The van der Waals surface area contributed by atoms with Gasteiger partial charge in [-0.1, -0.05) is 0 Å². The Labute approximate surface area is 98.4 Å². The van der Waals surface area contributed by atoms with Gasteiger partial charge in [0.1, 0.15) is 5.82 Å². The van der Waals surface area contributed by atoms with Crippen LogP contribution in [0.2, 0.25) is 0 Å². The number of primary amides is 1. The molecule has 1 saturated heterocycles. The van der Waals surface area contributed by atoms with E-state index in [2.05, 4.69) is 0 Å². The molecule has 1 aliphatic heterocycles. The Morgan fingerprint density at radius 3 is 2.88 bits per heavy atom. The van der Waals surface area contributed by atoms with Gasteiger partial charge in [0.25, 0.3) is 0 Å². The minimum Gasteiger partial charge on any atom is -0.371 e. The summed E-state index contributed by atoms with van der Waals surface area (Å²) in [6, 6.07) is 6.08. The highest BCUT2D eigenvalue weighted by molar-refractivity contribution is 5.78. The number of anilines is 1. The zero-order valence-corrected chi connectivity index (χ0v) is 9.19. The van der Waals surface area contributed by atoms with Crippen LogP contribution in [0.3, 0.4) is 0 Å². The average Bonchev–Trinajstić information content (AvgIpc) is 2.77. The maximum Gasteiger partial charge on any atom is 0.222 e. The number of amides is 1. The van der Waals surface area contributed by atoms with Crippen LogP contribution in [0.25, 0.3) is 0 Å². The molecular formula is C12H12FN3O. The van der Waals surface area contributed by atoms with E-state index in [0.717, 1.165) is 0 Å². The van der Waals surface area contributed by atoms with Crippen LogP contribution in [0, 0.1) is 23.1 Å². The Hall–Kier alpha value is -2.09. The summed E-state index contributed by atoms with van der Waals surface area (Å²) in [5.41, 5.74) is 6.14. The molecule has 0 saturated carbocycles.